The molecule has 0 radical (unpaired) electrons. The molecule has 3 rings (SSSR count). The molecule has 0 N–H and O–H groups in total. The van der Waals surface area contributed by atoms with E-state index < -0.39 is 0 Å². The molecule has 0 spiro atoms. The minimum Gasteiger partial charge on any atom is -0.144 e. The lowest BCUT2D eigenvalue weighted by molar-refractivity contribution is 0.602. The Kier molecular flexibility index (Phi) is 7.78. The van der Waals surface area contributed by atoms with Crippen LogP contribution in [0.2, 0.25) is 0 Å². The second-order valence-electron chi connectivity index (χ2n) is 12.5. The van der Waals surface area contributed by atoms with Crippen LogP contribution in [0.3, 0.4) is 0 Å². The van der Waals surface area contributed by atoms with Crippen LogP contribution < -0.4 is 0 Å². The molecular weight excluding hydrogens is 433 g/mol. The van der Waals surface area contributed by atoms with Gasteiger partial charge in [0.1, 0.15) is 0 Å². The zero-order chi connectivity index (χ0) is 23.8. The van der Waals surface area contributed by atoms with Gasteiger partial charge >= 0.3 is 0 Å². The summed E-state index contributed by atoms with van der Waals surface area (Å²) < 4.78 is 0. The first-order valence-corrected chi connectivity index (χ1v) is 13.7. The zero-order valence-electron chi connectivity index (χ0n) is 21.7. The van der Waals surface area contributed by atoms with Crippen LogP contribution in [-0.4, -0.2) is 0 Å². The molecule has 0 unspecified atom stereocenters. The fraction of sp³-hybridized carbons (Fsp3) is 0.571. The Bertz CT molecular complexity index is 888. The van der Waals surface area contributed by atoms with Crippen molar-refractivity contribution in [1.29, 1.82) is 0 Å². The molecular formula is C28H42S3. The molecule has 3 aromatic heterocycles. The lowest BCUT2D eigenvalue weighted by atomic mass is 9.93. The Morgan fingerprint density at radius 1 is 0.355 bits per heavy atom. The highest BCUT2D eigenvalue weighted by Crippen LogP contribution is 2.40. The van der Waals surface area contributed by atoms with Crippen molar-refractivity contribution in [1.82, 2.24) is 0 Å². The normalized spacial score (nSPS) is 13.2. The molecule has 0 amide bonds. The maximum atomic E-state index is 2.28. The Labute approximate surface area is 203 Å². The molecule has 0 saturated heterocycles. The highest BCUT2D eigenvalue weighted by atomic mass is 32.1. The molecule has 0 aliphatic heterocycles. The van der Waals surface area contributed by atoms with Gasteiger partial charge in [-0.2, -0.15) is 0 Å². The minimum absolute atomic E-state index is 0.257. The van der Waals surface area contributed by atoms with E-state index in [0.717, 1.165) is 0 Å². The summed E-state index contributed by atoms with van der Waals surface area (Å²) in [5, 5.41) is 0. The molecule has 0 fully saturated rings. The SMILES string of the molecule is CC(C)(C)c1ccc(-c2ccc(C(C)(C)C)s2)s1.CC(C)(C)c1ccc(C(C)(C)C)s1. The number of hydrogen-bond donors (Lipinski definition) is 0. The van der Waals surface area contributed by atoms with E-state index >= 15 is 0 Å². The summed E-state index contributed by atoms with van der Waals surface area (Å²) in [5.74, 6) is 0. The molecule has 0 saturated carbocycles. The van der Waals surface area contributed by atoms with Gasteiger partial charge in [0.2, 0.25) is 0 Å². The van der Waals surface area contributed by atoms with Crippen LogP contribution in [0.4, 0.5) is 0 Å². The third kappa shape index (κ3) is 7.30. The first-order valence-electron chi connectivity index (χ1n) is 11.2. The number of thiophene rings is 3. The second kappa shape index (κ2) is 9.15. The smallest absolute Gasteiger partial charge is 0.0445 e. The fourth-order valence-corrected chi connectivity index (χ4v) is 6.23. The molecule has 0 aromatic carbocycles. The van der Waals surface area contributed by atoms with Gasteiger partial charge < -0.3 is 0 Å². The Hall–Kier alpha value is -0.900. The average Bonchev–Trinajstić information content (AvgIpc) is 3.31. The van der Waals surface area contributed by atoms with Crippen molar-refractivity contribution in [3.63, 3.8) is 0 Å². The van der Waals surface area contributed by atoms with Crippen LogP contribution in [0.5, 0.6) is 0 Å². The molecule has 31 heavy (non-hydrogen) atoms. The predicted molar refractivity (Wildman–Crippen MR) is 147 cm³/mol. The van der Waals surface area contributed by atoms with E-state index in [-0.39, 0.29) is 10.8 Å². The van der Waals surface area contributed by atoms with Gasteiger partial charge in [0.05, 0.1) is 0 Å². The largest absolute Gasteiger partial charge is 0.144 e. The Morgan fingerprint density at radius 3 is 0.774 bits per heavy atom. The van der Waals surface area contributed by atoms with Crippen molar-refractivity contribution >= 4 is 34.0 Å². The van der Waals surface area contributed by atoms with Crippen molar-refractivity contribution < 1.29 is 0 Å². The van der Waals surface area contributed by atoms with E-state index in [0.29, 0.717) is 10.8 Å². The van der Waals surface area contributed by atoms with Crippen LogP contribution in [0, 0.1) is 0 Å². The van der Waals surface area contributed by atoms with Crippen molar-refractivity contribution in [2.75, 3.05) is 0 Å². The molecule has 3 heterocycles. The van der Waals surface area contributed by atoms with Gasteiger partial charge in [0, 0.05) is 29.3 Å². The van der Waals surface area contributed by atoms with Gasteiger partial charge in [-0.1, -0.05) is 83.1 Å². The van der Waals surface area contributed by atoms with Crippen molar-refractivity contribution in [3.05, 3.63) is 55.9 Å². The first-order chi connectivity index (χ1) is 13.9. The van der Waals surface area contributed by atoms with Crippen molar-refractivity contribution in [2.45, 2.75) is 105 Å². The summed E-state index contributed by atoms with van der Waals surface area (Å²) in [6, 6.07) is 13.6. The van der Waals surface area contributed by atoms with E-state index in [1.807, 2.05) is 34.0 Å². The topological polar surface area (TPSA) is 0 Å². The monoisotopic (exact) mass is 474 g/mol. The number of rotatable bonds is 1. The third-order valence-corrected chi connectivity index (χ3v) is 10.2. The van der Waals surface area contributed by atoms with Crippen LogP contribution in [0.1, 0.15) is 103 Å². The maximum absolute atomic E-state index is 2.28. The highest BCUT2D eigenvalue weighted by molar-refractivity contribution is 7.22. The fourth-order valence-electron chi connectivity index (χ4n) is 2.89. The van der Waals surface area contributed by atoms with Gasteiger partial charge in [0.15, 0.2) is 0 Å². The third-order valence-electron chi connectivity index (χ3n) is 5.02. The average molecular weight is 475 g/mol. The molecule has 0 bridgehead atoms. The molecule has 3 heteroatoms. The summed E-state index contributed by atoms with van der Waals surface area (Å²) in [7, 11) is 0. The molecule has 0 aliphatic rings. The van der Waals surface area contributed by atoms with E-state index in [4.69, 9.17) is 0 Å². The standard InChI is InChI=1S/C16H22S2.C12H20S/c1-15(2,3)13-9-7-11(17-13)12-8-10-14(18-12)16(4,5)6;1-11(2,3)9-7-8-10(13-9)12(4,5)6/h7-10H,1-6H3;7-8H,1-6H3. The number of hydrogen-bond acceptors (Lipinski definition) is 3. The van der Waals surface area contributed by atoms with Crippen LogP contribution in [0.25, 0.3) is 9.75 Å². The van der Waals surface area contributed by atoms with E-state index in [1.165, 1.54) is 29.3 Å². The van der Waals surface area contributed by atoms with Gasteiger partial charge in [-0.05, 0) is 58.1 Å². The van der Waals surface area contributed by atoms with Gasteiger partial charge in [-0.3, -0.25) is 0 Å². The predicted octanol–water partition coefficient (Wildman–Crippen LogP) is 10.4. The van der Waals surface area contributed by atoms with Crippen LogP contribution >= 0.6 is 34.0 Å². The molecule has 172 valence electrons. The first kappa shape index (κ1) is 26.4. The summed E-state index contributed by atoms with van der Waals surface area (Å²) >= 11 is 5.80. The van der Waals surface area contributed by atoms with Crippen LogP contribution in [0.15, 0.2) is 36.4 Å². The van der Waals surface area contributed by atoms with E-state index in [1.54, 1.807) is 0 Å². The van der Waals surface area contributed by atoms with Gasteiger partial charge in [-0.25, -0.2) is 0 Å². The van der Waals surface area contributed by atoms with Crippen LogP contribution in [-0.2, 0) is 21.7 Å². The highest BCUT2D eigenvalue weighted by Gasteiger charge is 2.21. The van der Waals surface area contributed by atoms with Gasteiger partial charge in [0.25, 0.3) is 0 Å². The Balaban J connectivity index is 0.000000233. The van der Waals surface area contributed by atoms with E-state index in [9.17, 15) is 0 Å². The lowest BCUT2D eigenvalue weighted by Crippen LogP contribution is -2.09. The summed E-state index contributed by atoms with van der Waals surface area (Å²) in [5.41, 5.74) is 1.11. The Morgan fingerprint density at radius 2 is 0.581 bits per heavy atom. The minimum atomic E-state index is 0.257. The summed E-state index contributed by atoms with van der Waals surface area (Å²) in [6.45, 7) is 27.3. The summed E-state index contributed by atoms with van der Waals surface area (Å²) in [4.78, 5) is 8.70. The lowest BCUT2D eigenvalue weighted by Gasteiger charge is -2.18. The molecule has 3 aromatic rings. The van der Waals surface area contributed by atoms with Crippen molar-refractivity contribution in [2.24, 2.45) is 0 Å². The van der Waals surface area contributed by atoms with Gasteiger partial charge in [-0.15, -0.1) is 34.0 Å². The molecule has 0 nitrogen and oxygen atoms in total. The summed E-state index contributed by atoms with van der Waals surface area (Å²) in [6.07, 6.45) is 0. The molecule has 0 aliphatic carbocycles. The molecule has 0 atom stereocenters. The van der Waals surface area contributed by atoms with Crippen molar-refractivity contribution in [3.8, 4) is 9.75 Å². The quantitative estimate of drug-likeness (QED) is 0.329. The second-order valence-corrected chi connectivity index (χ2v) is 15.7. The maximum Gasteiger partial charge on any atom is 0.0445 e. The van der Waals surface area contributed by atoms with E-state index in [2.05, 4.69) is 119 Å². The zero-order valence-corrected chi connectivity index (χ0v) is 24.1.